The van der Waals surface area contributed by atoms with Crippen LogP contribution in [0.2, 0.25) is 0 Å². The summed E-state index contributed by atoms with van der Waals surface area (Å²) >= 11 is 0. The van der Waals surface area contributed by atoms with E-state index in [1.807, 2.05) is 13.8 Å². The van der Waals surface area contributed by atoms with Gasteiger partial charge in [-0.15, -0.1) is 0 Å². The molecule has 0 atom stereocenters. The number of nitrogens with one attached hydrogen (secondary N) is 4. The molecule has 150 valence electrons. The van der Waals surface area contributed by atoms with Crippen molar-refractivity contribution in [2.24, 2.45) is 0 Å². The molecule has 0 aliphatic heterocycles. The minimum atomic E-state index is 0.198. The van der Waals surface area contributed by atoms with E-state index in [9.17, 15) is 0 Å². The smallest absolute Gasteiger partial charge is 0.225 e. The molecule has 0 saturated heterocycles. The molecule has 0 spiro atoms. The van der Waals surface area contributed by atoms with Crippen molar-refractivity contribution in [2.45, 2.75) is 46.6 Å². The summed E-state index contributed by atoms with van der Waals surface area (Å²) in [7, 11) is 1.80. The molecule has 0 aliphatic carbocycles. The lowest BCUT2D eigenvalue weighted by Crippen LogP contribution is -2.16. The first-order chi connectivity index (χ1) is 13.1. The molecule has 2 rings (SSSR count). The second-order valence-corrected chi connectivity index (χ2v) is 6.44. The molecule has 27 heavy (non-hydrogen) atoms. The summed E-state index contributed by atoms with van der Waals surface area (Å²) in [5.74, 6) is 2.48. The average Bonchev–Trinajstić information content (AvgIpc) is 2.67. The molecular weight excluding hydrogens is 344 g/mol. The number of hydrogen-bond acceptors (Lipinski definition) is 9. The minimum Gasteiger partial charge on any atom is -0.377 e. The number of rotatable bonds is 12. The Kier molecular flexibility index (Phi) is 8.25. The first kappa shape index (κ1) is 20.9. The minimum absolute atomic E-state index is 0.198. The van der Waals surface area contributed by atoms with Gasteiger partial charge in [-0.3, -0.25) is 0 Å². The van der Waals surface area contributed by atoms with Crippen LogP contribution in [0.15, 0.2) is 0 Å². The highest BCUT2D eigenvalue weighted by Crippen LogP contribution is 2.26. The van der Waals surface area contributed by atoms with Crippen molar-refractivity contribution in [1.29, 1.82) is 0 Å². The van der Waals surface area contributed by atoms with Crippen molar-refractivity contribution in [1.82, 2.24) is 19.9 Å². The van der Waals surface area contributed by atoms with Gasteiger partial charge in [-0.2, -0.15) is 9.97 Å². The van der Waals surface area contributed by atoms with E-state index in [2.05, 4.69) is 55.1 Å². The second kappa shape index (κ2) is 10.7. The van der Waals surface area contributed by atoms with Crippen LogP contribution in [0.3, 0.4) is 0 Å². The zero-order valence-electron chi connectivity index (χ0n) is 17.0. The van der Waals surface area contributed by atoms with Crippen LogP contribution in [-0.2, 0) is 4.74 Å². The summed E-state index contributed by atoms with van der Waals surface area (Å²) in [4.78, 5) is 18.4. The zero-order valence-corrected chi connectivity index (χ0v) is 17.0. The number of nitrogens with zero attached hydrogens (tertiary/aromatic N) is 4. The Balaban J connectivity index is 2.39. The largest absolute Gasteiger partial charge is 0.377 e. The summed E-state index contributed by atoms with van der Waals surface area (Å²) in [5.41, 5.74) is 1.40. The van der Waals surface area contributed by atoms with Crippen molar-refractivity contribution < 1.29 is 4.74 Å². The number of anilines is 4. The lowest BCUT2D eigenvalue weighted by Gasteiger charge is -2.15. The highest BCUT2D eigenvalue weighted by atomic mass is 16.5. The van der Waals surface area contributed by atoms with Gasteiger partial charge in [0.25, 0.3) is 0 Å². The molecule has 2 heterocycles. The molecule has 9 heteroatoms. The quantitative estimate of drug-likeness (QED) is 0.416. The second-order valence-electron chi connectivity index (χ2n) is 6.44. The fourth-order valence-electron chi connectivity index (χ4n) is 2.40. The molecule has 0 aliphatic rings. The first-order valence-electron chi connectivity index (χ1n) is 9.69. The topological polar surface area (TPSA) is 109 Å². The van der Waals surface area contributed by atoms with Crippen LogP contribution in [0, 0.1) is 0 Å². The van der Waals surface area contributed by atoms with Gasteiger partial charge in [-0.25, -0.2) is 9.97 Å². The summed E-state index contributed by atoms with van der Waals surface area (Å²) in [6, 6.07) is 0. The van der Waals surface area contributed by atoms with Crippen molar-refractivity contribution in [3.63, 3.8) is 0 Å². The van der Waals surface area contributed by atoms with Gasteiger partial charge in [0.1, 0.15) is 11.0 Å². The lowest BCUT2D eigenvalue weighted by atomic mass is 10.3. The molecule has 0 amide bonds. The standard InChI is InChI=1S/C18H32N8O/c1-6-8-20-15-14-13(23-17(19-5)25-15)16(21-9-7-2)26-18(24-14)22-10-11-27-12(3)4/h12H,6-11H2,1-5H3,(H2,19,20,23,25)(H2,21,22,24,26). The summed E-state index contributed by atoms with van der Waals surface area (Å²) in [6.45, 7) is 11.1. The average molecular weight is 377 g/mol. The number of ether oxygens (including phenoxy) is 1. The lowest BCUT2D eigenvalue weighted by molar-refractivity contribution is 0.0870. The highest BCUT2D eigenvalue weighted by molar-refractivity contribution is 5.94. The van der Waals surface area contributed by atoms with E-state index < -0.39 is 0 Å². The van der Waals surface area contributed by atoms with Crippen LogP contribution in [0.5, 0.6) is 0 Å². The van der Waals surface area contributed by atoms with Crippen molar-refractivity contribution in [2.75, 3.05) is 54.6 Å². The Morgan fingerprint density at radius 3 is 1.85 bits per heavy atom. The van der Waals surface area contributed by atoms with Crippen molar-refractivity contribution in [3.8, 4) is 0 Å². The van der Waals surface area contributed by atoms with Crippen LogP contribution in [0.4, 0.5) is 23.5 Å². The van der Waals surface area contributed by atoms with E-state index >= 15 is 0 Å². The third-order valence-corrected chi connectivity index (χ3v) is 3.69. The Bertz CT molecular complexity index is 722. The molecule has 0 aromatic carbocycles. The molecule has 0 bridgehead atoms. The predicted molar refractivity (Wildman–Crippen MR) is 112 cm³/mol. The molecule has 4 N–H and O–H groups in total. The van der Waals surface area contributed by atoms with Gasteiger partial charge in [0.05, 0.1) is 12.7 Å². The molecule has 2 aromatic heterocycles. The Labute approximate surface area is 161 Å². The number of aromatic nitrogens is 4. The molecule has 9 nitrogen and oxygen atoms in total. The van der Waals surface area contributed by atoms with E-state index in [0.29, 0.717) is 47.7 Å². The van der Waals surface area contributed by atoms with Crippen LogP contribution in [-0.4, -0.2) is 59.3 Å². The maximum absolute atomic E-state index is 5.57. The van der Waals surface area contributed by atoms with Crippen molar-refractivity contribution in [3.05, 3.63) is 0 Å². The van der Waals surface area contributed by atoms with Gasteiger partial charge in [-0.05, 0) is 26.7 Å². The van der Waals surface area contributed by atoms with E-state index in [4.69, 9.17) is 4.74 Å². The van der Waals surface area contributed by atoms with Crippen LogP contribution in [0.1, 0.15) is 40.5 Å². The summed E-state index contributed by atoms with van der Waals surface area (Å²) < 4.78 is 5.57. The normalized spacial score (nSPS) is 11.0. The maximum Gasteiger partial charge on any atom is 0.225 e. The third kappa shape index (κ3) is 6.06. The van der Waals surface area contributed by atoms with Crippen molar-refractivity contribution >= 4 is 34.6 Å². The molecule has 2 aromatic rings. The zero-order chi connectivity index (χ0) is 19.6. The van der Waals surface area contributed by atoms with Crippen LogP contribution in [0.25, 0.3) is 11.0 Å². The Morgan fingerprint density at radius 1 is 0.778 bits per heavy atom. The van der Waals surface area contributed by atoms with Gasteiger partial charge in [-0.1, -0.05) is 13.8 Å². The molecule has 0 unspecified atom stereocenters. The number of fused-ring (bicyclic) bond motifs is 1. The molecule has 0 fully saturated rings. The van der Waals surface area contributed by atoms with Gasteiger partial charge in [0, 0.05) is 26.7 Å². The number of hydrogen-bond donors (Lipinski definition) is 4. The van der Waals surface area contributed by atoms with E-state index in [-0.39, 0.29) is 6.10 Å². The van der Waals surface area contributed by atoms with Crippen LogP contribution >= 0.6 is 0 Å². The Hall–Kier alpha value is -2.42. The first-order valence-corrected chi connectivity index (χ1v) is 9.69. The summed E-state index contributed by atoms with van der Waals surface area (Å²) in [5, 5.41) is 12.9. The monoisotopic (exact) mass is 376 g/mol. The third-order valence-electron chi connectivity index (χ3n) is 3.69. The molecule has 0 saturated carbocycles. The van der Waals surface area contributed by atoms with Gasteiger partial charge >= 0.3 is 0 Å². The van der Waals surface area contributed by atoms with E-state index in [0.717, 1.165) is 25.9 Å². The van der Waals surface area contributed by atoms with Crippen LogP contribution < -0.4 is 21.3 Å². The van der Waals surface area contributed by atoms with E-state index in [1.165, 1.54) is 0 Å². The fraction of sp³-hybridized carbons (Fsp3) is 0.667. The fourth-order valence-corrected chi connectivity index (χ4v) is 2.40. The SMILES string of the molecule is CCCNc1nc(NCCOC(C)C)nc2c(NCCC)nc(NC)nc12. The summed E-state index contributed by atoms with van der Waals surface area (Å²) in [6.07, 6.45) is 2.18. The molecule has 0 radical (unpaired) electrons. The maximum atomic E-state index is 5.57. The molecular formula is C18H32N8O. The highest BCUT2D eigenvalue weighted by Gasteiger charge is 2.15. The van der Waals surface area contributed by atoms with Gasteiger partial charge in [0.15, 0.2) is 11.6 Å². The Morgan fingerprint density at radius 2 is 1.33 bits per heavy atom. The van der Waals surface area contributed by atoms with Gasteiger partial charge < -0.3 is 26.0 Å². The predicted octanol–water partition coefficient (Wildman–Crippen LogP) is 2.94. The van der Waals surface area contributed by atoms with E-state index in [1.54, 1.807) is 7.05 Å². The van der Waals surface area contributed by atoms with Gasteiger partial charge in [0.2, 0.25) is 11.9 Å².